The fraction of sp³-hybridized carbons (Fsp3) is 0.429. The summed E-state index contributed by atoms with van der Waals surface area (Å²) < 4.78 is 0. The molecule has 5 heterocycles. The van der Waals surface area contributed by atoms with E-state index in [9.17, 15) is 9.59 Å². The van der Waals surface area contributed by atoms with Gasteiger partial charge in [0.1, 0.15) is 11.3 Å². The van der Waals surface area contributed by atoms with E-state index in [0.717, 1.165) is 68.7 Å². The number of piperazine rings is 1. The summed E-state index contributed by atoms with van der Waals surface area (Å²) in [4.78, 5) is 42.9. The SMILES string of the molecule is O=C1NC(N2CCN(CC(=O)N3CCCC3)CC2)=NC1=Cc1c[nH]c2ncccc12. The van der Waals surface area contributed by atoms with Crippen LogP contribution >= 0.6 is 0 Å². The van der Waals surface area contributed by atoms with Gasteiger partial charge in [-0.05, 0) is 31.1 Å². The first-order chi connectivity index (χ1) is 14.7. The van der Waals surface area contributed by atoms with Gasteiger partial charge in [-0.3, -0.25) is 19.8 Å². The number of likely N-dealkylation sites (tertiary alicyclic amines) is 1. The van der Waals surface area contributed by atoms with E-state index in [2.05, 4.69) is 30.1 Å². The molecule has 0 bridgehead atoms. The summed E-state index contributed by atoms with van der Waals surface area (Å²) in [6.07, 6.45) is 7.58. The van der Waals surface area contributed by atoms with Gasteiger partial charge in [0.05, 0.1) is 6.54 Å². The van der Waals surface area contributed by atoms with Crippen molar-refractivity contribution < 1.29 is 9.59 Å². The van der Waals surface area contributed by atoms with Crippen LogP contribution in [0.4, 0.5) is 0 Å². The standard InChI is InChI=1S/C21H25N7O2/c29-18(27-6-1-2-7-27)14-26-8-10-28(11-9-26)21-24-17(20(30)25-21)12-15-13-23-19-16(15)4-3-5-22-19/h3-5,12-13H,1-2,6-11,14H2,(H,22,23)(H,24,25,30). The fourth-order valence-electron chi connectivity index (χ4n) is 4.23. The van der Waals surface area contributed by atoms with Gasteiger partial charge in [0.15, 0.2) is 0 Å². The molecule has 2 N–H and O–H groups in total. The number of carbonyl (C=O) groups is 2. The van der Waals surface area contributed by atoms with Gasteiger partial charge in [-0.1, -0.05) is 0 Å². The average Bonchev–Trinajstić information content (AvgIpc) is 3.50. The van der Waals surface area contributed by atoms with Crippen LogP contribution in [0.25, 0.3) is 17.1 Å². The van der Waals surface area contributed by atoms with E-state index < -0.39 is 0 Å². The Morgan fingerprint density at radius 1 is 1.13 bits per heavy atom. The fourth-order valence-corrected chi connectivity index (χ4v) is 4.23. The summed E-state index contributed by atoms with van der Waals surface area (Å²) in [5, 5.41) is 3.84. The molecule has 0 spiro atoms. The average molecular weight is 407 g/mol. The highest BCUT2D eigenvalue weighted by atomic mass is 16.2. The van der Waals surface area contributed by atoms with Crippen LogP contribution in [0.1, 0.15) is 18.4 Å². The largest absolute Gasteiger partial charge is 0.346 e. The lowest BCUT2D eigenvalue weighted by Crippen LogP contribution is -2.53. The molecule has 2 fully saturated rings. The molecule has 0 saturated carbocycles. The number of fused-ring (bicyclic) bond motifs is 1. The normalized spacial score (nSPS) is 21.5. The van der Waals surface area contributed by atoms with Crippen molar-refractivity contribution in [3.05, 3.63) is 35.8 Å². The van der Waals surface area contributed by atoms with Crippen LogP contribution < -0.4 is 5.32 Å². The number of guanidine groups is 1. The Morgan fingerprint density at radius 2 is 1.93 bits per heavy atom. The summed E-state index contributed by atoms with van der Waals surface area (Å²) >= 11 is 0. The number of hydrogen-bond donors (Lipinski definition) is 2. The molecule has 9 nitrogen and oxygen atoms in total. The van der Waals surface area contributed by atoms with Gasteiger partial charge in [-0.15, -0.1) is 0 Å². The summed E-state index contributed by atoms with van der Waals surface area (Å²) in [7, 11) is 0. The number of pyridine rings is 1. The van der Waals surface area contributed by atoms with E-state index in [4.69, 9.17) is 0 Å². The molecule has 2 amide bonds. The van der Waals surface area contributed by atoms with Gasteiger partial charge < -0.3 is 14.8 Å². The minimum absolute atomic E-state index is 0.199. The maximum Gasteiger partial charge on any atom is 0.276 e. The van der Waals surface area contributed by atoms with E-state index in [1.807, 2.05) is 23.2 Å². The second-order valence-electron chi connectivity index (χ2n) is 7.91. The van der Waals surface area contributed by atoms with Crippen LogP contribution in [0.15, 0.2) is 35.2 Å². The number of rotatable bonds is 3. The number of amides is 2. The molecule has 2 aromatic heterocycles. The van der Waals surface area contributed by atoms with E-state index in [-0.39, 0.29) is 11.8 Å². The van der Waals surface area contributed by atoms with Crippen LogP contribution in [0.2, 0.25) is 0 Å². The number of carbonyl (C=O) groups excluding carboxylic acids is 2. The second kappa shape index (κ2) is 7.91. The number of nitrogens with zero attached hydrogens (tertiary/aromatic N) is 5. The maximum absolute atomic E-state index is 12.4. The van der Waals surface area contributed by atoms with E-state index in [1.165, 1.54) is 0 Å². The minimum Gasteiger partial charge on any atom is -0.346 e. The lowest BCUT2D eigenvalue weighted by Gasteiger charge is -2.35. The molecule has 5 rings (SSSR count). The van der Waals surface area contributed by atoms with Crippen LogP contribution in [0.3, 0.4) is 0 Å². The van der Waals surface area contributed by atoms with E-state index in [1.54, 1.807) is 12.3 Å². The first-order valence-electron chi connectivity index (χ1n) is 10.5. The van der Waals surface area contributed by atoms with Crippen LogP contribution in [0, 0.1) is 0 Å². The lowest BCUT2D eigenvalue weighted by atomic mass is 10.2. The van der Waals surface area contributed by atoms with Crippen LogP contribution in [0.5, 0.6) is 0 Å². The molecule has 9 heteroatoms. The zero-order chi connectivity index (χ0) is 20.5. The summed E-state index contributed by atoms with van der Waals surface area (Å²) in [6.45, 7) is 5.29. The highest BCUT2D eigenvalue weighted by Crippen LogP contribution is 2.21. The number of aromatic amines is 1. The van der Waals surface area contributed by atoms with Gasteiger partial charge in [0.25, 0.3) is 5.91 Å². The van der Waals surface area contributed by atoms with Gasteiger partial charge in [-0.25, -0.2) is 9.98 Å². The quantitative estimate of drug-likeness (QED) is 0.728. The molecular weight excluding hydrogens is 382 g/mol. The molecule has 0 atom stereocenters. The third kappa shape index (κ3) is 3.68. The third-order valence-corrected chi connectivity index (χ3v) is 5.95. The second-order valence-corrected chi connectivity index (χ2v) is 7.91. The van der Waals surface area contributed by atoms with Crippen LogP contribution in [-0.2, 0) is 9.59 Å². The van der Waals surface area contributed by atoms with E-state index in [0.29, 0.717) is 18.2 Å². The van der Waals surface area contributed by atoms with Crippen molar-refractivity contribution in [3.8, 4) is 0 Å². The van der Waals surface area contributed by atoms with Crippen molar-refractivity contribution in [2.24, 2.45) is 4.99 Å². The number of hydrogen-bond acceptors (Lipinski definition) is 6. The minimum atomic E-state index is -0.199. The maximum atomic E-state index is 12.4. The Morgan fingerprint density at radius 3 is 2.73 bits per heavy atom. The van der Waals surface area contributed by atoms with Crippen molar-refractivity contribution in [3.63, 3.8) is 0 Å². The van der Waals surface area contributed by atoms with Gasteiger partial charge >= 0.3 is 0 Å². The lowest BCUT2D eigenvalue weighted by molar-refractivity contribution is -0.131. The molecule has 3 aliphatic rings. The molecule has 30 heavy (non-hydrogen) atoms. The molecule has 3 aliphatic heterocycles. The predicted molar refractivity (Wildman–Crippen MR) is 113 cm³/mol. The van der Waals surface area contributed by atoms with Gasteiger partial charge in [0, 0.05) is 62.6 Å². The van der Waals surface area contributed by atoms with Crippen LogP contribution in [-0.4, -0.2) is 88.3 Å². The number of nitrogens with one attached hydrogen (secondary N) is 2. The van der Waals surface area contributed by atoms with Crippen molar-refractivity contribution in [1.29, 1.82) is 0 Å². The highest BCUT2D eigenvalue weighted by molar-refractivity contribution is 6.14. The smallest absolute Gasteiger partial charge is 0.276 e. The zero-order valence-corrected chi connectivity index (χ0v) is 16.8. The zero-order valence-electron chi connectivity index (χ0n) is 16.8. The topological polar surface area (TPSA) is 96.9 Å². The van der Waals surface area contributed by atoms with Crippen molar-refractivity contribution in [2.75, 3.05) is 45.8 Å². The first-order valence-corrected chi connectivity index (χ1v) is 10.5. The molecule has 2 aromatic rings. The first kappa shape index (κ1) is 18.8. The monoisotopic (exact) mass is 407 g/mol. The Labute approximate surface area is 174 Å². The summed E-state index contributed by atoms with van der Waals surface area (Å²) in [5.41, 5.74) is 2.06. The van der Waals surface area contributed by atoms with Crippen molar-refractivity contribution in [1.82, 2.24) is 30.0 Å². The Bertz CT molecular complexity index is 1030. The van der Waals surface area contributed by atoms with Gasteiger partial charge in [-0.2, -0.15) is 0 Å². The molecular formula is C21H25N7O2. The molecule has 0 unspecified atom stereocenters. The highest BCUT2D eigenvalue weighted by Gasteiger charge is 2.29. The Kier molecular flexibility index (Phi) is 4.96. The van der Waals surface area contributed by atoms with Crippen molar-refractivity contribution >= 4 is 34.9 Å². The number of H-pyrrole nitrogens is 1. The predicted octanol–water partition coefficient (Wildman–Crippen LogP) is 0.630. The molecule has 0 aliphatic carbocycles. The van der Waals surface area contributed by atoms with Crippen molar-refractivity contribution in [2.45, 2.75) is 12.8 Å². The summed E-state index contributed by atoms with van der Waals surface area (Å²) in [6, 6.07) is 3.83. The molecule has 156 valence electrons. The number of aliphatic imine (C=N–C) groups is 1. The number of aromatic nitrogens is 2. The van der Waals surface area contributed by atoms with Gasteiger partial charge in [0.2, 0.25) is 11.9 Å². The Hall–Kier alpha value is -3.20. The van der Waals surface area contributed by atoms with E-state index >= 15 is 0 Å². The third-order valence-electron chi connectivity index (χ3n) is 5.95. The summed E-state index contributed by atoms with van der Waals surface area (Å²) in [5.74, 6) is 0.621. The molecule has 0 aromatic carbocycles. The Balaban J connectivity index is 1.22. The molecule has 0 radical (unpaired) electrons. The molecule has 2 saturated heterocycles.